The monoisotopic (exact) mass is 311 g/mol. The van der Waals surface area contributed by atoms with Crippen LogP contribution in [0.2, 0.25) is 0 Å². The first-order valence-corrected chi connectivity index (χ1v) is 8.35. The molecular formula is C18H24F3N. The van der Waals surface area contributed by atoms with E-state index < -0.39 is 11.7 Å². The Hall–Kier alpha value is -1.03. The van der Waals surface area contributed by atoms with Gasteiger partial charge in [-0.3, -0.25) is 4.90 Å². The van der Waals surface area contributed by atoms with Crippen LogP contribution < -0.4 is 0 Å². The van der Waals surface area contributed by atoms with E-state index in [9.17, 15) is 13.2 Å². The van der Waals surface area contributed by atoms with Crippen molar-refractivity contribution < 1.29 is 13.2 Å². The van der Waals surface area contributed by atoms with Crippen molar-refractivity contribution in [3.05, 3.63) is 35.4 Å². The van der Waals surface area contributed by atoms with E-state index >= 15 is 0 Å². The third-order valence-electron chi connectivity index (χ3n) is 5.52. The highest BCUT2D eigenvalue weighted by molar-refractivity contribution is 5.24. The predicted molar refractivity (Wildman–Crippen MR) is 81.5 cm³/mol. The molecule has 1 aliphatic carbocycles. The van der Waals surface area contributed by atoms with Gasteiger partial charge in [-0.15, -0.1) is 0 Å². The van der Waals surface area contributed by atoms with Crippen LogP contribution in [0, 0.1) is 5.41 Å². The molecule has 1 saturated carbocycles. The molecule has 1 heterocycles. The second-order valence-electron chi connectivity index (χ2n) is 7.03. The van der Waals surface area contributed by atoms with Crippen LogP contribution in [-0.2, 0) is 12.7 Å². The normalized spacial score (nSPS) is 22.9. The highest BCUT2D eigenvalue weighted by Gasteiger charge is 2.35. The Morgan fingerprint density at radius 2 is 1.45 bits per heavy atom. The lowest BCUT2D eigenvalue weighted by Crippen LogP contribution is -2.40. The molecule has 1 spiro atoms. The molecule has 2 aliphatic rings. The fraction of sp³-hybridized carbons (Fsp3) is 0.667. The molecule has 1 aromatic carbocycles. The summed E-state index contributed by atoms with van der Waals surface area (Å²) in [5, 5.41) is 0. The third kappa shape index (κ3) is 3.65. The summed E-state index contributed by atoms with van der Waals surface area (Å²) in [6.45, 7) is 2.94. The van der Waals surface area contributed by atoms with E-state index in [4.69, 9.17) is 0 Å². The van der Waals surface area contributed by atoms with Gasteiger partial charge in [0.25, 0.3) is 0 Å². The maximum absolute atomic E-state index is 12.6. The largest absolute Gasteiger partial charge is 0.416 e. The van der Waals surface area contributed by atoms with Crippen LogP contribution in [0.15, 0.2) is 24.3 Å². The van der Waals surface area contributed by atoms with E-state index in [0.29, 0.717) is 5.41 Å². The first-order chi connectivity index (χ1) is 10.5. The van der Waals surface area contributed by atoms with Gasteiger partial charge in [-0.25, -0.2) is 0 Å². The number of halogens is 3. The molecule has 0 radical (unpaired) electrons. The second kappa shape index (κ2) is 6.23. The zero-order valence-electron chi connectivity index (χ0n) is 13.0. The Morgan fingerprint density at radius 1 is 0.864 bits per heavy atom. The molecule has 1 saturated heterocycles. The maximum Gasteiger partial charge on any atom is 0.416 e. The molecule has 1 aromatic rings. The van der Waals surface area contributed by atoms with Crippen LogP contribution in [-0.4, -0.2) is 18.0 Å². The summed E-state index contributed by atoms with van der Waals surface area (Å²) >= 11 is 0. The van der Waals surface area contributed by atoms with Crippen molar-refractivity contribution in [2.75, 3.05) is 13.1 Å². The lowest BCUT2D eigenvalue weighted by Gasteiger charge is -2.44. The van der Waals surface area contributed by atoms with Gasteiger partial charge in [0.15, 0.2) is 0 Å². The van der Waals surface area contributed by atoms with E-state index in [1.54, 1.807) is 12.1 Å². The topological polar surface area (TPSA) is 3.24 Å². The van der Waals surface area contributed by atoms with Crippen LogP contribution in [0.4, 0.5) is 13.2 Å². The fourth-order valence-electron chi connectivity index (χ4n) is 4.04. The number of hydrogen-bond acceptors (Lipinski definition) is 1. The molecule has 0 bridgehead atoms. The fourth-order valence-corrected chi connectivity index (χ4v) is 4.04. The minimum atomic E-state index is -4.24. The Kier molecular flexibility index (Phi) is 4.49. The first-order valence-electron chi connectivity index (χ1n) is 8.35. The van der Waals surface area contributed by atoms with Gasteiger partial charge in [0.2, 0.25) is 0 Å². The zero-order valence-corrected chi connectivity index (χ0v) is 13.0. The standard InChI is InChI=1S/C18H24F3N/c19-18(20,21)16-6-4-15(5-7-16)14-22-12-10-17(11-13-22)8-2-1-3-9-17/h4-7H,1-3,8-14H2. The molecule has 0 aromatic heterocycles. The first kappa shape index (κ1) is 15.9. The van der Waals surface area contributed by atoms with E-state index in [1.807, 2.05) is 0 Å². The minimum Gasteiger partial charge on any atom is -0.299 e. The number of likely N-dealkylation sites (tertiary alicyclic amines) is 1. The molecule has 0 amide bonds. The van der Waals surface area contributed by atoms with E-state index in [2.05, 4.69) is 4.90 Å². The zero-order chi connectivity index (χ0) is 15.6. The van der Waals surface area contributed by atoms with Crippen LogP contribution in [0.3, 0.4) is 0 Å². The lowest BCUT2D eigenvalue weighted by molar-refractivity contribution is -0.137. The SMILES string of the molecule is FC(F)(F)c1ccc(CN2CCC3(CCCCC3)CC2)cc1. The van der Waals surface area contributed by atoms with Gasteiger partial charge in [0.1, 0.15) is 0 Å². The van der Waals surface area contributed by atoms with Gasteiger partial charge in [-0.2, -0.15) is 13.2 Å². The van der Waals surface area contributed by atoms with Gasteiger partial charge in [-0.05, 0) is 61.9 Å². The van der Waals surface area contributed by atoms with Crippen LogP contribution in [0.5, 0.6) is 0 Å². The Morgan fingerprint density at radius 3 is 2.00 bits per heavy atom. The van der Waals surface area contributed by atoms with Gasteiger partial charge in [-0.1, -0.05) is 31.4 Å². The molecule has 1 nitrogen and oxygen atoms in total. The van der Waals surface area contributed by atoms with Crippen LogP contribution in [0.25, 0.3) is 0 Å². The summed E-state index contributed by atoms with van der Waals surface area (Å²) in [6, 6.07) is 5.63. The van der Waals surface area contributed by atoms with Crippen LogP contribution in [0.1, 0.15) is 56.1 Å². The molecule has 2 fully saturated rings. The van der Waals surface area contributed by atoms with Crippen molar-refractivity contribution in [3.63, 3.8) is 0 Å². The molecule has 0 N–H and O–H groups in total. The number of benzene rings is 1. The van der Waals surface area contributed by atoms with Gasteiger partial charge in [0.05, 0.1) is 5.56 Å². The average molecular weight is 311 g/mol. The number of hydrogen-bond donors (Lipinski definition) is 0. The van der Waals surface area contributed by atoms with E-state index in [0.717, 1.165) is 25.2 Å². The summed E-state index contributed by atoms with van der Waals surface area (Å²) in [4.78, 5) is 2.39. The second-order valence-corrected chi connectivity index (χ2v) is 7.03. The Labute approximate surface area is 130 Å². The number of rotatable bonds is 2. The van der Waals surface area contributed by atoms with Crippen LogP contribution >= 0.6 is 0 Å². The number of piperidine rings is 1. The highest BCUT2D eigenvalue weighted by Crippen LogP contribution is 2.44. The summed E-state index contributed by atoms with van der Waals surface area (Å²) < 4.78 is 37.7. The lowest BCUT2D eigenvalue weighted by atomic mass is 9.68. The molecule has 0 atom stereocenters. The molecule has 4 heteroatoms. The highest BCUT2D eigenvalue weighted by atomic mass is 19.4. The molecule has 122 valence electrons. The minimum absolute atomic E-state index is 0.559. The van der Waals surface area contributed by atoms with Crippen molar-refractivity contribution in [2.45, 2.75) is 57.7 Å². The Bertz CT molecular complexity index is 476. The number of alkyl halides is 3. The third-order valence-corrected chi connectivity index (χ3v) is 5.52. The van der Waals surface area contributed by atoms with E-state index in [1.165, 1.54) is 57.1 Å². The summed E-state index contributed by atoms with van der Waals surface area (Å²) in [6.07, 6.45) is 5.16. The molecule has 22 heavy (non-hydrogen) atoms. The maximum atomic E-state index is 12.6. The summed E-state index contributed by atoms with van der Waals surface area (Å²) in [5.41, 5.74) is 0.998. The Balaban J connectivity index is 1.54. The smallest absolute Gasteiger partial charge is 0.299 e. The molecule has 3 rings (SSSR count). The summed E-state index contributed by atoms with van der Waals surface area (Å²) in [7, 11) is 0. The molecule has 0 unspecified atom stereocenters. The summed E-state index contributed by atoms with van der Waals surface area (Å²) in [5.74, 6) is 0. The van der Waals surface area contributed by atoms with Crippen molar-refractivity contribution in [1.82, 2.24) is 4.90 Å². The van der Waals surface area contributed by atoms with Crippen molar-refractivity contribution in [3.8, 4) is 0 Å². The quantitative estimate of drug-likeness (QED) is 0.721. The van der Waals surface area contributed by atoms with Crippen molar-refractivity contribution in [1.29, 1.82) is 0 Å². The van der Waals surface area contributed by atoms with Gasteiger partial charge in [0, 0.05) is 6.54 Å². The van der Waals surface area contributed by atoms with Gasteiger partial charge < -0.3 is 0 Å². The molecule has 1 aliphatic heterocycles. The van der Waals surface area contributed by atoms with Crippen molar-refractivity contribution in [2.24, 2.45) is 5.41 Å². The van der Waals surface area contributed by atoms with Gasteiger partial charge >= 0.3 is 6.18 Å². The average Bonchev–Trinajstić information content (AvgIpc) is 2.50. The number of nitrogens with zero attached hydrogens (tertiary/aromatic N) is 1. The molecular weight excluding hydrogens is 287 g/mol. The predicted octanol–water partition coefficient (Wildman–Crippen LogP) is 5.25. The van der Waals surface area contributed by atoms with E-state index in [-0.39, 0.29) is 0 Å². The van der Waals surface area contributed by atoms with Crippen molar-refractivity contribution >= 4 is 0 Å².